The molecule has 2 aliphatic rings. The highest BCUT2D eigenvalue weighted by Crippen LogP contribution is 2.35. The highest BCUT2D eigenvalue weighted by atomic mass is 19.1. The van der Waals surface area contributed by atoms with Gasteiger partial charge in [-0.25, -0.2) is 4.39 Å². The van der Waals surface area contributed by atoms with E-state index in [1.165, 1.54) is 18.9 Å². The van der Waals surface area contributed by atoms with E-state index in [1.54, 1.807) is 6.07 Å². The Morgan fingerprint density at radius 2 is 1.86 bits per heavy atom. The summed E-state index contributed by atoms with van der Waals surface area (Å²) in [7, 11) is 0. The molecule has 1 aliphatic carbocycles. The van der Waals surface area contributed by atoms with E-state index in [1.807, 2.05) is 12.1 Å². The minimum absolute atomic E-state index is 0.161. The maximum Gasteiger partial charge on any atom is 0.146 e. The first-order valence-electron chi connectivity index (χ1n) is 11.0. The number of benzene rings is 1. The lowest BCUT2D eigenvalue weighted by molar-refractivity contribution is -0.0740. The molecular formula is C23H37FN2O2. The molecule has 2 fully saturated rings. The number of ether oxygens (including phenoxy) is 1. The number of hydrogen-bond acceptors (Lipinski definition) is 4. The average molecular weight is 393 g/mol. The third-order valence-corrected chi connectivity index (χ3v) is 6.50. The molecule has 0 bridgehead atoms. The van der Waals surface area contributed by atoms with Crippen LogP contribution in [-0.2, 0) is 4.74 Å². The predicted octanol–water partition coefficient (Wildman–Crippen LogP) is 3.79. The Balaban J connectivity index is 1.42. The lowest BCUT2D eigenvalue weighted by Gasteiger charge is -2.39. The van der Waals surface area contributed by atoms with E-state index in [9.17, 15) is 9.50 Å². The Morgan fingerprint density at radius 3 is 2.54 bits per heavy atom. The zero-order chi connectivity index (χ0) is 20.1. The molecule has 1 saturated carbocycles. The number of aliphatic hydroxyl groups excluding tert-OH is 1. The van der Waals surface area contributed by atoms with Crippen LogP contribution >= 0.6 is 0 Å². The summed E-state index contributed by atoms with van der Waals surface area (Å²) in [4.78, 5) is 4.35. The monoisotopic (exact) mass is 392 g/mol. The molecule has 1 saturated heterocycles. The highest BCUT2D eigenvalue weighted by Gasteiger charge is 2.32. The molecule has 0 radical (unpaired) electrons. The summed E-state index contributed by atoms with van der Waals surface area (Å²) in [6.07, 6.45) is 3.44. The number of para-hydroxylation sites is 1. The van der Waals surface area contributed by atoms with Gasteiger partial charge in [0.05, 0.1) is 24.5 Å². The van der Waals surface area contributed by atoms with Gasteiger partial charge < -0.3 is 14.7 Å². The molecule has 5 heteroatoms. The van der Waals surface area contributed by atoms with Crippen LogP contribution in [0.5, 0.6) is 0 Å². The van der Waals surface area contributed by atoms with Crippen LogP contribution in [0.15, 0.2) is 24.3 Å². The average Bonchev–Trinajstić information content (AvgIpc) is 2.67. The van der Waals surface area contributed by atoms with Crippen molar-refractivity contribution in [2.24, 2.45) is 17.8 Å². The van der Waals surface area contributed by atoms with E-state index in [4.69, 9.17) is 4.74 Å². The van der Waals surface area contributed by atoms with Gasteiger partial charge in [-0.3, -0.25) is 4.90 Å². The van der Waals surface area contributed by atoms with Gasteiger partial charge in [-0.05, 0) is 42.7 Å². The fourth-order valence-electron chi connectivity index (χ4n) is 4.77. The molecule has 28 heavy (non-hydrogen) atoms. The van der Waals surface area contributed by atoms with E-state index in [-0.39, 0.29) is 11.9 Å². The largest absolute Gasteiger partial charge is 0.389 e. The zero-order valence-electron chi connectivity index (χ0n) is 17.7. The lowest BCUT2D eigenvalue weighted by atomic mass is 9.75. The third kappa shape index (κ3) is 5.68. The quantitative estimate of drug-likeness (QED) is 0.766. The van der Waals surface area contributed by atoms with Gasteiger partial charge in [0.25, 0.3) is 0 Å². The topological polar surface area (TPSA) is 35.9 Å². The first-order chi connectivity index (χ1) is 13.4. The number of nitrogens with zero attached hydrogens (tertiary/aromatic N) is 2. The maximum atomic E-state index is 14.0. The molecule has 1 aromatic carbocycles. The molecule has 0 aromatic heterocycles. The summed E-state index contributed by atoms with van der Waals surface area (Å²) < 4.78 is 20.2. The van der Waals surface area contributed by atoms with Crippen molar-refractivity contribution in [1.29, 1.82) is 0 Å². The molecule has 3 rings (SSSR count). The van der Waals surface area contributed by atoms with Crippen LogP contribution in [-0.4, -0.2) is 61.5 Å². The van der Waals surface area contributed by atoms with E-state index >= 15 is 0 Å². The van der Waals surface area contributed by atoms with Gasteiger partial charge in [0.2, 0.25) is 0 Å². The van der Waals surface area contributed by atoms with Gasteiger partial charge in [0, 0.05) is 32.7 Å². The lowest BCUT2D eigenvalue weighted by Crippen LogP contribution is -2.49. The van der Waals surface area contributed by atoms with Crippen molar-refractivity contribution in [3.05, 3.63) is 30.1 Å². The summed E-state index contributed by atoms with van der Waals surface area (Å²) in [5, 5.41) is 10.5. The molecule has 4 nitrogen and oxygen atoms in total. The van der Waals surface area contributed by atoms with Crippen molar-refractivity contribution >= 4 is 5.69 Å². The number of aliphatic hydroxyl groups is 1. The number of rotatable bonds is 7. The van der Waals surface area contributed by atoms with Crippen LogP contribution in [0.1, 0.15) is 40.0 Å². The highest BCUT2D eigenvalue weighted by molar-refractivity contribution is 5.47. The normalized spacial score (nSPS) is 27.9. The van der Waals surface area contributed by atoms with Crippen molar-refractivity contribution < 1.29 is 14.2 Å². The molecule has 1 N–H and O–H groups in total. The van der Waals surface area contributed by atoms with E-state index in [2.05, 4.69) is 30.6 Å². The number of anilines is 1. The zero-order valence-corrected chi connectivity index (χ0v) is 17.7. The van der Waals surface area contributed by atoms with Crippen molar-refractivity contribution in [1.82, 2.24) is 4.90 Å². The first kappa shape index (κ1) is 21.5. The summed E-state index contributed by atoms with van der Waals surface area (Å²) >= 11 is 0. The molecule has 158 valence electrons. The van der Waals surface area contributed by atoms with E-state index < -0.39 is 6.10 Å². The second kappa shape index (κ2) is 10.0. The summed E-state index contributed by atoms with van der Waals surface area (Å²) in [6.45, 7) is 11.1. The smallest absolute Gasteiger partial charge is 0.146 e. The van der Waals surface area contributed by atoms with Gasteiger partial charge in [-0.2, -0.15) is 0 Å². The molecule has 1 aliphatic heterocycles. The maximum absolute atomic E-state index is 14.0. The SMILES string of the molecule is CC(C)[C@H]1CC[C@@H](C)C[C@@H]1OC[C@H](O)CN1CCN(c2ccccc2F)CC1. The van der Waals surface area contributed by atoms with Gasteiger partial charge in [0.15, 0.2) is 0 Å². The second-order valence-electron chi connectivity index (χ2n) is 9.09. The first-order valence-corrected chi connectivity index (χ1v) is 11.0. The fraction of sp³-hybridized carbons (Fsp3) is 0.739. The molecule has 0 spiro atoms. The van der Waals surface area contributed by atoms with Crippen molar-refractivity contribution in [2.45, 2.75) is 52.2 Å². The number of β-amino-alcohol motifs (C(OH)–C–C–N with tert-alkyl or cyclic N) is 1. The Morgan fingerprint density at radius 1 is 1.14 bits per heavy atom. The van der Waals surface area contributed by atoms with Crippen LogP contribution in [0.25, 0.3) is 0 Å². The standard InChI is InChI=1S/C23H37FN2O2/c1-17(2)20-9-8-18(3)14-23(20)28-16-19(27)15-25-10-12-26(13-11-25)22-7-5-4-6-21(22)24/h4-7,17-20,23,27H,8-16H2,1-3H3/t18-,19-,20-,23+/m1/s1. The minimum atomic E-state index is -0.468. The van der Waals surface area contributed by atoms with Crippen molar-refractivity contribution in [3.8, 4) is 0 Å². The Bertz CT molecular complexity index is 604. The van der Waals surface area contributed by atoms with Crippen molar-refractivity contribution in [3.63, 3.8) is 0 Å². The van der Waals surface area contributed by atoms with Gasteiger partial charge in [-0.1, -0.05) is 39.3 Å². The van der Waals surface area contributed by atoms with Gasteiger partial charge in [0.1, 0.15) is 5.82 Å². The Labute approximate surface area is 169 Å². The molecular weight excluding hydrogens is 355 g/mol. The molecule has 1 aromatic rings. The van der Waals surface area contributed by atoms with Crippen LogP contribution in [0, 0.1) is 23.6 Å². The number of piperazine rings is 1. The summed E-state index contributed by atoms with van der Waals surface area (Å²) in [5.41, 5.74) is 0.678. The van der Waals surface area contributed by atoms with E-state index in [0.29, 0.717) is 36.6 Å². The summed E-state index contributed by atoms with van der Waals surface area (Å²) in [6, 6.07) is 6.95. The molecule has 1 heterocycles. The van der Waals surface area contributed by atoms with E-state index in [0.717, 1.165) is 32.6 Å². The molecule has 4 atom stereocenters. The molecule has 0 unspecified atom stereocenters. The second-order valence-corrected chi connectivity index (χ2v) is 9.09. The van der Waals surface area contributed by atoms with Gasteiger partial charge >= 0.3 is 0 Å². The predicted molar refractivity (Wildman–Crippen MR) is 112 cm³/mol. The van der Waals surface area contributed by atoms with Crippen LogP contribution in [0.2, 0.25) is 0 Å². The Hall–Kier alpha value is -1.17. The van der Waals surface area contributed by atoms with Crippen LogP contribution in [0.3, 0.4) is 0 Å². The number of halogens is 1. The van der Waals surface area contributed by atoms with Crippen LogP contribution < -0.4 is 4.90 Å². The van der Waals surface area contributed by atoms with Crippen molar-refractivity contribution in [2.75, 3.05) is 44.2 Å². The third-order valence-electron chi connectivity index (χ3n) is 6.50. The van der Waals surface area contributed by atoms with Gasteiger partial charge in [-0.15, -0.1) is 0 Å². The minimum Gasteiger partial charge on any atom is -0.389 e. The Kier molecular flexibility index (Phi) is 7.72. The summed E-state index contributed by atoms with van der Waals surface area (Å²) in [5.74, 6) is 1.78. The van der Waals surface area contributed by atoms with Crippen LogP contribution in [0.4, 0.5) is 10.1 Å². The number of hydrogen-bond donors (Lipinski definition) is 1. The molecule has 0 amide bonds. The fourth-order valence-corrected chi connectivity index (χ4v) is 4.77.